The van der Waals surface area contributed by atoms with E-state index in [-0.39, 0.29) is 0 Å². The number of ether oxygens (including phenoxy) is 2. The van der Waals surface area contributed by atoms with Crippen molar-refractivity contribution in [3.05, 3.63) is 35.4 Å². The number of hydrogen-bond acceptors (Lipinski definition) is 5. The molecule has 7 heteroatoms. The molecule has 2 saturated heterocycles. The lowest BCUT2D eigenvalue weighted by Gasteiger charge is -2.26. The molecule has 0 bridgehead atoms. The summed E-state index contributed by atoms with van der Waals surface area (Å²) in [6.07, 6.45) is 1.11. The van der Waals surface area contributed by atoms with Crippen LogP contribution in [0, 0.1) is 0 Å². The molecule has 0 saturated carbocycles. The smallest absolute Gasteiger partial charge is 0.191 e. The Morgan fingerprint density at radius 1 is 0.966 bits per heavy atom. The van der Waals surface area contributed by atoms with E-state index in [1.807, 2.05) is 0 Å². The average Bonchev–Trinajstić information content (AvgIpc) is 2.77. The third kappa shape index (κ3) is 8.30. The first-order chi connectivity index (χ1) is 14.3. The van der Waals surface area contributed by atoms with Crippen LogP contribution >= 0.6 is 0 Å². The number of rotatable bonds is 9. The summed E-state index contributed by atoms with van der Waals surface area (Å²) in [5.41, 5.74) is 2.60. The molecule has 1 aromatic rings. The first-order valence-corrected chi connectivity index (χ1v) is 11.0. The molecule has 0 aromatic heterocycles. The van der Waals surface area contributed by atoms with Crippen LogP contribution in [-0.2, 0) is 22.6 Å². The van der Waals surface area contributed by atoms with Crippen molar-refractivity contribution >= 4 is 5.96 Å². The minimum Gasteiger partial charge on any atom is -0.379 e. The van der Waals surface area contributed by atoms with E-state index in [0.717, 1.165) is 91.2 Å². The van der Waals surface area contributed by atoms with Gasteiger partial charge in [0.25, 0.3) is 0 Å². The van der Waals surface area contributed by atoms with E-state index in [2.05, 4.69) is 51.6 Å². The Labute approximate surface area is 175 Å². The molecule has 2 aliphatic rings. The molecule has 2 fully saturated rings. The third-order valence-electron chi connectivity index (χ3n) is 5.31. The van der Waals surface area contributed by atoms with Crippen LogP contribution < -0.4 is 10.6 Å². The minimum absolute atomic E-state index is 0.690. The number of hydrogen-bond donors (Lipinski definition) is 2. The predicted molar refractivity (Wildman–Crippen MR) is 117 cm³/mol. The van der Waals surface area contributed by atoms with Gasteiger partial charge in [-0.15, -0.1) is 0 Å². The van der Waals surface area contributed by atoms with E-state index < -0.39 is 0 Å². The summed E-state index contributed by atoms with van der Waals surface area (Å²) in [5.74, 6) is 0.896. The molecule has 0 unspecified atom stereocenters. The van der Waals surface area contributed by atoms with E-state index in [9.17, 15) is 0 Å². The van der Waals surface area contributed by atoms with Gasteiger partial charge in [0, 0.05) is 45.8 Å². The second-order valence-corrected chi connectivity index (χ2v) is 7.64. The molecule has 29 heavy (non-hydrogen) atoms. The van der Waals surface area contributed by atoms with E-state index >= 15 is 0 Å². The van der Waals surface area contributed by atoms with Gasteiger partial charge in [0.15, 0.2) is 5.96 Å². The van der Waals surface area contributed by atoms with Crippen LogP contribution in [0.1, 0.15) is 24.5 Å². The van der Waals surface area contributed by atoms with Crippen molar-refractivity contribution in [2.45, 2.75) is 26.4 Å². The van der Waals surface area contributed by atoms with Gasteiger partial charge in [0.05, 0.1) is 33.0 Å². The molecule has 1 aromatic carbocycles. The molecule has 7 nitrogen and oxygen atoms in total. The zero-order valence-electron chi connectivity index (χ0n) is 17.9. The summed E-state index contributed by atoms with van der Waals surface area (Å²) < 4.78 is 10.8. The first-order valence-electron chi connectivity index (χ1n) is 11.0. The molecule has 0 amide bonds. The zero-order valence-corrected chi connectivity index (χ0v) is 17.9. The number of nitrogens with zero attached hydrogens (tertiary/aromatic N) is 3. The molecule has 2 heterocycles. The molecule has 0 aliphatic carbocycles. The maximum absolute atomic E-state index is 5.44. The van der Waals surface area contributed by atoms with Crippen LogP contribution in [-0.4, -0.2) is 88.0 Å². The monoisotopic (exact) mass is 403 g/mol. The molecule has 3 rings (SSSR count). The number of benzene rings is 1. The second-order valence-electron chi connectivity index (χ2n) is 7.64. The summed E-state index contributed by atoms with van der Waals surface area (Å²) in [7, 11) is 0. The van der Waals surface area contributed by atoms with Gasteiger partial charge in [-0.1, -0.05) is 24.3 Å². The maximum Gasteiger partial charge on any atom is 0.191 e. The lowest BCUT2D eigenvalue weighted by molar-refractivity contribution is 0.0342. The lowest BCUT2D eigenvalue weighted by atomic mass is 10.1. The van der Waals surface area contributed by atoms with Gasteiger partial charge in [-0.05, 0) is 31.0 Å². The topological polar surface area (TPSA) is 61.4 Å². The summed E-state index contributed by atoms with van der Waals surface area (Å²) in [5, 5.41) is 6.82. The largest absolute Gasteiger partial charge is 0.379 e. The lowest BCUT2D eigenvalue weighted by Crippen LogP contribution is -2.40. The van der Waals surface area contributed by atoms with Gasteiger partial charge in [-0.25, -0.2) is 4.99 Å². The Morgan fingerprint density at radius 3 is 2.38 bits per heavy atom. The highest BCUT2D eigenvalue weighted by atomic mass is 16.5. The summed E-state index contributed by atoms with van der Waals surface area (Å²) in [6.45, 7) is 14.2. The van der Waals surface area contributed by atoms with Crippen molar-refractivity contribution in [3.63, 3.8) is 0 Å². The predicted octanol–water partition coefficient (Wildman–Crippen LogP) is 1.30. The molecule has 0 radical (unpaired) electrons. The highest BCUT2D eigenvalue weighted by molar-refractivity contribution is 5.79. The Hall–Kier alpha value is -1.67. The minimum atomic E-state index is 0.690. The maximum atomic E-state index is 5.44. The quantitative estimate of drug-likeness (QED) is 0.368. The summed E-state index contributed by atoms with van der Waals surface area (Å²) in [4.78, 5) is 9.70. The van der Waals surface area contributed by atoms with Crippen molar-refractivity contribution in [2.75, 3.05) is 72.2 Å². The Morgan fingerprint density at radius 2 is 1.66 bits per heavy atom. The van der Waals surface area contributed by atoms with Gasteiger partial charge in [0.1, 0.15) is 0 Å². The third-order valence-corrected chi connectivity index (χ3v) is 5.31. The van der Waals surface area contributed by atoms with E-state index in [4.69, 9.17) is 14.5 Å². The fourth-order valence-electron chi connectivity index (χ4n) is 3.69. The normalized spacial score (nSPS) is 19.3. The first kappa shape index (κ1) is 22.0. The Balaban J connectivity index is 1.44. The average molecular weight is 404 g/mol. The number of morpholine rings is 2. The van der Waals surface area contributed by atoms with Crippen LogP contribution in [0.3, 0.4) is 0 Å². The van der Waals surface area contributed by atoms with Gasteiger partial charge < -0.3 is 20.1 Å². The molecular formula is C22H37N5O2. The van der Waals surface area contributed by atoms with Crippen molar-refractivity contribution < 1.29 is 9.47 Å². The van der Waals surface area contributed by atoms with Crippen molar-refractivity contribution in [1.82, 2.24) is 20.4 Å². The zero-order chi connectivity index (χ0) is 20.2. The Kier molecular flexibility index (Phi) is 9.72. The fraction of sp³-hybridized carbons (Fsp3) is 0.682. The van der Waals surface area contributed by atoms with Crippen LogP contribution in [0.25, 0.3) is 0 Å². The fourth-order valence-corrected chi connectivity index (χ4v) is 3.69. The molecule has 162 valence electrons. The van der Waals surface area contributed by atoms with Gasteiger partial charge in [-0.3, -0.25) is 9.80 Å². The highest BCUT2D eigenvalue weighted by Gasteiger charge is 2.11. The van der Waals surface area contributed by atoms with Crippen molar-refractivity contribution in [1.29, 1.82) is 0 Å². The van der Waals surface area contributed by atoms with E-state index in [0.29, 0.717) is 6.54 Å². The molecule has 0 spiro atoms. The standard InChI is InChI=1S/C22H37N5O2/c1-2-23-22(24-7-4-8-26-9-13-28-14-10-26)25-18-20-5-3-6-21(17-20)19-27-11-15-29-16-12-27/h3,5-6,17H,2,4,7-16,18-19H2,1H3,(H2,23,24,25). The van der Waals surface area contributed by atoms with Gasteiger partial charge in [0.2, 0.25) is 0 Å². The molecule has 0 atom stereocenters. The van der Waals surface area contributed by atoms with Crippen LogP contribution in [0.2, 0.25) is 0 Å². The highest BCUT2D eigenvalue weighted by Crippen LogP contribution is 2.11. The number of guanidine groups is 1. The Bertz CT molecular complexity index is 613. The number of nitrogens with one attached hydrogen (secondary N) is 2. The van der Waals surface area contributed by atoms with Crippen LogP contribution in [0.4, 0.5) is 0 Å². The SMILES string of the molecule is CCNC(=NCc1cccc(CN2CCOCC2)c1)NCCCN1CCOCC1. The van der Waals surface area contributed by atoms with Crippen molar-refractivity contribution in [3.8, 4) is 0 Å². The molecular weight excluding hydrogens is 366 g/mol. The molecule has 2 aliphatic heterocycles. The van der Waals surface area contributed by atoms with E-state index in [1.54, 1.807) is 0 Å². The van der Waals surface area contributed by atoms with Gasteiger partial charge >= 0.3 is 0 Å². The van der Waals surface area contributed by atoms with Gasteiger partial charge in [-0.2, -0.15) is 0 Å². The molecule has 2 N–H and O–H groups in total. The second kappa shape index (κ2) is 12.8. The summed E-state index contributed by atoms with van der Waals surface area (Å²) >= 11 is 0. The summed E-state index contributed by atoms with van der Waals surface area (Å²) in [6, 6.07) is 8.79. The van der Waals surface area contributed by atoms with Crippen LogP contribution in [0.5, 0.6) is 0 Å². The van der Waals surface area contributed by atoms with E-state index in [1.165, 1.54) is 11.1 Å². The van der Waals surface area contributed by atoms with Crippen molar-refractivity contribution in [2.24, 2.45) is 4.99 Å². The number of aliphatic imine (C=N–C) groups is 1. The van der Waals surface area contributed by atoms with Crippen LogP contribution in [0.15, 0.2) is 29.3 Å².